The Morgan fingerprint density at radius 2 is 1.95 bits per heavy atom. The topological polar surface area (TPSA) is 32.7 Å². The highest BCUT2D eigenvalue weighted by Gasteiger charge is 2.27. The van der Waals surface area contributed by atoms with E-state index in [2.05, 4.69) is 24.7 Å². The van der Waals surface area contributed by atoms with Gasteiger partial charge >= 0.3 is 0 Å². The predicted molar refractivity (Wildman–Crippen MR) is 79.0 cm³/mol. The molecule has 1 heterocycles. The van der Waals surface area contributed by atoms with E-state index in [1.54, 1.807) is 0 Å². The van der Waals surface area contributed by atoms with Crippen LogP contribution in [0.15, 0.2) is 0 Å². The van der Waals surface area contributed by atoms with Gasteiger partial charge in [-0.1, -0.05) is 6.42 Å². The first-order valence-corrected chi connectivity index (χ1v) is 7.37. The molecule has 0 spiro atoms. The van der Waals surface area contributed by atoms with Crippen molar-refractivity contribution in [2.75, 3.05) is 13.2 Å². The minimum absolute atomic E-state index is 0.352. The van der Waals surface area contributed by atoms with Gasteiger partial charge in [-0.05, 0) is 40.5 Å². The highest BCUT2D eigenvalue weighted by molar-refractivity contribution is 4.92. The van der Waals surface area contributed by atoms with Crippen LogP contribution in [-0.4, -0.2) is 46.9 Å². The molecular formula is C16H29NO2. The summed E-state index contributed by atoms with van der Waals surface area (Å²) < 4.78 is 5.72. The molecule has 0 aromatic rings. The Hall–Kier alpha value is -0.560. The average molecular weight is 267 g/mol. The molecule has 0 aromatic carbocycles. The van der Waals surface area contributed by atoms with Gasteiger partial charge in [0.15, 0.2) is 0 Å². The molecule has 0 aliphatic carbocycles. The fourth-order valence-corrected chi connectivity index (χ4v) is 2.75. The maximum absolute atomic E-state index is 10.2. The van der Waals surface area contributed by atoms with Crippen molar-refractivity contribution in [2.45, 2.75) is 77.2 Å². The normalized spacial score (nSPS) is 26.9. The average Bonchev–Trinajstić information content (AvgIpc) is 2.32. The number of nitrogens with zero attached hydrogens (tertiary/aromatic N) is 1. The molecule has 3 unspecified atom stereocenters. The quantitative estimate of drug-likeness (QED) is 0.750. The maximum atomic E-state index is 10.2. The van der Waals surface area contributed by atoms with Crippen LogP contribution in [-0.2, 0) is 4.74 Å². The zero-order chi connectivity index (χ0) is 14.5. The minimum atomic E-state index is -0.444. The Bertz CT molecular complexity index is 298. The van der Waals surface area contributed by atoms with Gasteiger partial charge in [-0.25, -0.2) is 0 Å². The van der Waals surface area contributed by atoms with E-state index in [0.29, 0.717) is 31.7 Å². The standard InChI is InChI=1S/C16H29NO2/c1-6-10-16(4,5)19-12-15(18)11-17-13(2)8-7-9-14(17)3/h1,13-15,18H,7-12H2,2-5H3. The lowest BCUT2D eigenvalue weighted by atomic mass is 9.97. The Balaban J connectivity index is 2.38. The van der Waals surface area contributed by atoms with Gasteiger partial charge in [0.05, 0.1) is 18.3 Å². The Labute approximate surface area is 118 Å². The van der Waals surface area contributed by atoms with Crippen molar-refractivity contribution in [1.29, 1.82) is 0 Å². The molecule has 0 amide bonds. The van der Waals surface area contributed by atoms with Crippen molar-refractivity contribution < 1.29 is 9.84 Å². The number of ether oxygens (including phenoxy) is 1. The summed E-state index contributed by atoms with van der Waals surface area (Å²) in [6, 6.07) is 1.11. The molecule has 0 aromatic heterocycles. The summed E-state index contributed by atoms with van der Waals surface area (Å²) >= 11 is 0. The second-order valence-electron chi connectivity index (χ2n) is 6.43. The predicted octanol–water partition coefficient (Wildman–Crippen LogP) is 2.43. The van der Waals surface area contributed by atoms with E-state index in [9.17, 15) is 5.11 Å². The van der Waals surface area contributed by atoms with Crippen LogP contribution in [0.1, 0.15) is 53.4 Å². The van der Waals surface area contributed by atoms with Gasteiger partial charge in [0.1, 0.15) is 0 Å². The molecule has 1 saturated heterocycles. The monoisotopic (exact) mass is 267 g/mol. The second-order valence-corrected chi connectivity index (χ2v) is 6.43. The number of hydrogen-bond donors (Lipinski definition) is 1. The molecule has 1 fully saturated rings. The minimum Gasteiger partial charge on any atom is -0.389 e. The second kappa shape index (κ2) is 7.28. The summed E-state index contributed by atoms with van der Waals surface area (Å²) in [6.45, 7) is 9.45. The van der Waals surface area contributed by atoms with Gasteiger partial charge in [0.25, 0.3) is 0 Å². The molecular weight excluding hydrogens is 238 g/mol. The molecule has 0 radical (unpaired) electrons. The van der Waals surface area contributed by atoms with Gasteiger partial charge in [-0.15, -0.1) is 12.3 Å². The third kappa shape index (κ3) is 5.52. The molecule has 3 atom stereocenters. The molecule has 0 saturated carbocycles. The van der Waals surface area contributed by atoms with Gasteiger partial charge in [-0.2, -0.15) is 0 Å². The van der Waals surface area contributed by atoms with Gasteiger partial charge < -0.3 is 9.84 Å². The third-order valence-electron chi connectivity index (χ3n) is 3.99. The van der Waals surface area contributed by atoms with Crippen LogP contribution in [0.4, 0.5) is 0 Å². The summed E-state index contributed by atoms with van der Waals surface area (Å²) in [6.07, 6.45) is 9.17. The van der Waals surface area contributed by atoms with Crippen molar-refractivity contribution in [3.8, 4) is 12.3 Å². The van der Waals surface area contributed by atoms with Crippen LogP contribution in [0.25, 0.3) is 0 Å². The van der Waals surface area contributed by atoms with E-state index in [1.165, 1.54) is 19.3 Å². The highest BCUT2D eigenvalue weighted by atomic mass is 16.5. The number of rotatable bonds is 6. The van der Waals surface area contributed by atoms with Crippen LogP contribution in [0.2, 0.25) is 0 Å². The molecule has 3 nitrogen and oxygen atoms in total. The number of terminal acetylenes is 1. The summed E-state index contributed by atoms with van der Waals surface area (Å²) in [5.41, 5.74) is -0.352. The first kappa shape index (κ1) is 16.5. The number of aliphatic hydroxyl groups is 1. The summed E-state index contributed by atoms with van der Waals surface area (Å²) in [4.78, 5) is 2.39. The number of piperidine rings is 1. The van der Waals surface area contributed by atoms with Gasteiger partial charge in [-0.3, -0.25) is 4.90 Å². The van der Waals surface area contributed by atoms with E-state index in [0.717, 1.165) is 0 Å². The molecule has 3 heteroatoms. The maximum Gasteiger partial charge on any atom is 0.0900 e. The first-order chi connectivity index (χ1) is 8.85. The van der Waals surface area contributed by atoms with E-state index in [4.69, 9.17) is 11.2 Å². The van der Waals surface area contributed by atoms with E-state index < -0.39 is 6.10 Å². The van der Waals surface area contributed by atoms with Crippen molar-refractivity contribution in [1.82, 2.24) is 4.90 Å². The zero-order valence-corrected chi connectivity index (χ0v) is 12.9. The molecule has 1 N–H and O–H groups in total. The lowest BCUT2D eigenvalue weighted by molar-refractivity contribution is -0.0705. The number of likely N-dealkylation sites (tertiary alicyclic amines) is 1. The fourth-order valence-electron chi connectivity index (χ4n) is 2.75. The van der Waals surface area contributed by atoms with Crippen LogP contribution in [0.5, 0.6) is 0 Å². The third-order valence-corrected chi connectivity index (χ3v) is 3.99. The SMILES string of the molecule is C#CCC(C)(C)OCC(O)CN1C(C)CCCC1C. The smallest absolute Gasteiger partial charge is 0.0900 e. The summed E-state index contributed by atoms with van der Waals surface area (Å²) in [5, 5.41) is 10.2. The Kier molecular flexibility index (Phi) is 6.32. The van der Waals surface area contributed by atoms with Crippen molar-refractivity contribution in [3.05, 3.63) is 0 Å². The molecule has 1 aliphatic rings. The molecule has 0 bridgehead atoms. The molecule has 110 valence electrons. The highest BCUT2D eigenvalue weighted by Crippen LogP contribution is 2.23. The lowest BCUT2D eigenvalue weighted by Crippen LogP contribution is -2.48. The molecule has 1 aliphatic heterocycles. The molecule has 19 heavy (non-hydrogen) atoms. The van der Waals surface area contributed by atoms with Crippen molar-refractivity contribution >= 4 is 0 Å². The van der Waals surface area contributed by atoms with Crippen molar-refractivity contribution in [2.24, 2.45) is 0 Å². The van der Waals surface area contributed by atoms with Crippen LogP contribution in [0.3, 0.4) is 0 Å². The Morgan fingerprint density at radius 3 is 2.47 bits per heavy atom. The van der Waals surface area contributed by atoms with Crippen LogP contribution >= 0.6 is 0 Å². The number of β-amino-alcohol motifs (C(OH)–C–C–N with tert-alkyl or cyclic N) is 1. The number of hydrogen-bond acceptors (Lipinski definition) is 3. The first-order valence-electron chi connectivity index (χ1n) is 7.37. The number of aliphatic hydroxyl groups excluding tert-OH is 1. The van der Waals surface area contributed by atoms with Gasteiger partial charge in [0.2, 0.25) is 0 Å². The van der Waals surface area contributed by atoms with E-state index >= 15 is 0 Å². The van der Waals surface area contributed by atoms with Gasteiger partial charge in [0, 0.05) is 25.0 Å². The Morgan fingerprint density at radius 1 is 1.37 bits per heavy atom. The van der Waals surface area contributed by atoms with Crippen LogP contribution < -0.4 is 0 Å². The van der Waals surface area contributed by atoms with E-state index in [-0.39, 0.29) is 5.60 Å². The zero-order valence-electron chi connectivity index (χ0n) is 12.9. The van der Waals surface area contributed by atoms with Crippen molar-refractivity contribution in [3.63, 3.8) is 0 Å². The largest absolute Gasteiger partial charge is 0.389 e. The van der Waals surface area contributed by atoms with E-state index in [1.807, 2.05) is 13.8 Å². The summed E-state index contributed by atoms with van der Waals surface area (Å²) in [5.74, 6) is 2.61. The lowest BCUT2D eigenvalue weighted by Gasteiger charge is -2.40. The summed E-state index contributed by atoms with van der Waals surface area (Å²) in [7, 11) is 0. The van der Waals surface area contributed by atoms with Crippen LogP contribution in [0, 0.1) is 12.3 Å². The molecule has 1 rings (SSSR count). The fraction of sp³-hybridized carbons (Fsp3) is 0.875.